The molecule has 0 bridgehead atoms. The number of amides is 1. The van der Waals surface area contributed by atoms with Gasteiger partial charge >= 0.3 is 0 Å². The molecule has 1 amide bonds. The van der Waals surface area contributed by atoms with Crippen LogP contribution in [0.5, 0.6) is 11.6 Å². The van der Waals surface area contributed by atoms with Gasteiger partial charge in [-0.25, -0.2) is 0 Å². The van der Waals surface area contributed by atoms with Gasteiger partial charge in [0.05, 0.1) is 12.8 Å². The predicted molar refractivity (Wildman–Crippen MR) is 109 cm³/mol. The molecule has 0 unspecified atom stereocenters. The number of methoxy groups -OCH3 is 1. The summed E-state index contributed by atoms with van der Waals surface area (Å²) in [6.45, 7) is 5.95. The van der Waals surface area contributed by atoms with Crippen molar-refractivity contribution in [3.05, 3.63) is 65.2 Å². The van der Waals surface area contributed by atoms with E-state index in [0.717, 1.165) is 28.1 Å². The Kier molecular flexibility index (Phi) is 5.89. The molecule has 6 nitrogen and oxygen atoms in total. The van der Waals surface area contributed by atoms with Crippen LogP contribution in [0.2, 0.25) is 0 Å². The van der Waals surface area contributed by atoms with Gasteiger partial charge in [-0.3, -0.25) is 4.79 Å². The normalized spacial score (nSPS) is 10.4. The standard InChI is InChI=1S/C22H23N3O3/c1-14-11-15(2)22(16(3)12-14)28-13-20(26)23-18-7-5-17(6-8-18)19-9-10-21(27-4)25-24-19/h5-12H,13H2,1-4H3,(H,23,26). The molecule has 0 aliphatic rings. The fourth-order valence-corrected chi connectivity index (χ4v) is 3.04. The Labute approximate surface area is 164 Å². The highest BCUT2D eigenvalue weighted by Gasteiger charge is 2.09. The van der Waals surface area contributed by atoms with Crippen molar-refractivity contribution in [2.75, 3.05) is 19.0 Å². The number of benzene rings is 2. The Bertz CT molecular complexity index is 944. The second kappa shape index (κ2) is 8.52. The second-order valence-electron chi connectivity index (χ2n) is 6.60. The summed E-state index contributed by atoms with van der Waals surface area (Å²) >= 11 is 0. The van der Waals surface area contributed by atoms with Crippen LogP contribution >= 0.6 is 0 Å². The molecular weight excluding hydrogens is 354 g/mol. The number of hydrogen-bond acceptors (Lipinski definition) is 5. The molecule has 0 aliphatic heterocycles. The molecule has 0 saturated heterocycles. The number of anilines is 1. The van der Waals surface area contributed by atoms with Crippen LogP contribution in [0.25, 0.3) is 11.3 Å². The van der Waals surface area contributed by atoms with Crippen molar-refractivity contribution in [2.24, 2.45) is 0 Å². The topological polar surface area (TPSA) is 73.3 Å². The number of hydrogen-bond donors (Lipinski definition) is 1. The molecule has 1 N–H and O–H groups in total. The highest BCUT2D eigenvalue weighted by Crippen LogP contribution is 2.24. The Morgan fingerprint density at radius 1 is 0.964 bits per heavy atom. The maximum atomic E-state index is 12.2. The number of aromatic nitrogens is 2. The summed E-state index contributed by atoms with van der Waals surface area (Å²) in [5, 5.41) is 10.9. The molecule has 3 rings (SSSR count). The summed E-state index contributed by atoms with van der Waals surface area (Å²) in [5.41, 5.74) is 5.54. The summed E-state index contributed by atoms with van der Waals surface area (Å²) in [6, 6.07) is 15.1. The second-order valence-corrected chi connectivity index (χ2v) is 6.60. The molecule has 144 valence electrons. The third-order valence-corrected chi connectivity index (χ3v) is 4.27. The van der Waals surface area contributed by atoms with Gasteiger partial charge in [0.15, 0.2) is 6.61 Å². The monoisotopic (exact) mass is 377 g/mol. The maximum Gasteiger partial charge on any atom is 0.262 e. The zero-order valence-corrected chi connectivity index (χ0v) is 16.4. The molecule has 2 aromatic carbocycles. The first kappa shape index (κ1) is 19.4. The van der Waals surface area contributed by atoms with Crippen LogP contribution in [0.3, 0.4) is 0 Å². The van der Waals surface area contributed by atoms with Gasteiger partial charge < -0.3 is 14.8 Å². The molecule has 3 aromatic rings. The minimum atomic E-state index is -0.212. The number of nitrogens with zero attached hydrogens (tertiary/aromatic N) is 2. The van der Waals surface area contributed by atoms with Crippen LogP contribution in [0.15, 0.2) is 48.5 Å². The first-order valence-corrected chi connectivity index (χ1v) is 8.95. The van der Waals surface area contributed by atoms with Crippen LogP contribution in [0.4, 0.5) is 5.69 Å². The summed E-state index contributed by atoms with van der Waals surface area (Å²) in [4.78, 5) is 12.2. The third-order valence-electron chi connectivity index (χ3n) is 4.27. The quantitative estimate of drug-likeness (QED) is 0.700. The van der Waals surface area contributed by atoms with E-state index in [1.807, 2.05) is 63.2 Å². The molecule has 1 aromatic heterocycles. The summed E-state index contributed by atoms with van der Waals surface area (Å²) in [6.07, 6.45) is 0. The minimum Gasteiger partial charge on any atom is -0.483 e. The lowest BCUT2D eigenvalue weighted by molar-refractivity contribution is -0.118. The minimum absolute atomic E-state index is 0.0452. The van der Waals surface area contributed by atoms with E-state index in [-0.39, 0.29) is 12.5 Å². The molecular formula is C22H23N3O3. The number of rotatable bonds is 6. The summed E-state index contributed by atoms with van der Waals surface area (Å²) in [7, 11) is 1.55. The van der Waals surface area contributed by atoms with Gasteiger partial charge in [0, 0.05) is 17.3 Å². The number of nitrogens with one attached hydrogen (secondary N) is 1. The van der Waals surface area contributed by atoms with Crippen molar-refractivity contribution >= 4 is 11.6 Å². The van der Waals surface area contributed by atoms with Gasteiger partial charge in [0.2, 0.25) is 5.88 Å². The van der Waals surface area contributed by atoms with Crippen molar-refractivity contribution in [3.63, 3.8) is 0 Å². The number of ether oxygens (including phenoxy) is 2. The Morgan fingerprint density at radius 3 is 2.21 bits per heavy atom. The zero-order valence-electron chi connectivity index (χ0n) is 16.4. The number of carbonyl (C=O) groups is 1. The average molecular weight is 377 g/mol. The highest BCUT2D eigenvalue weighted by molar-refractivity contribution is 5.92. The Balaban J connectivity index is 1.60. The lowest BCUT2D eigenvalue weighted by Gasteiger charge is -2.13. The molecule has 0 atom stereocenters. The number of carbonyl (C=O) groups excluding carboxylic acids is 1. The van der Waals surface area contributed by atoms with E-state index < -0.39 is 0 Å². The zero-order chi connectivity index (χ0) is 20.1. The smallest absolute Gasteiger partial charge is 0.262 e. The molecule has 0 fully saturated rings. The molecule has 0 spiro atoms. The summed E-state index contributed by atoms with van der Waals surface area (Å²) in [5.74, 6) is 1.01. The van der Waals surface area contributed by atoms with Gasteiger partial charge in [0.1, 0.15) is 5.75 Å². The SMILES string of the molecule is COc1ccc(-c2ccc(NC(=O)COc3c(C)cc(C)cc3C)cc2)nn1. The van der Waals surface area contributed by atoms with Crippen LogP contribution < -0.4 is 14.8 Å². The maximum absolute atomic E-state index is 12.2. The van der Waals surface area contributed by atoms with Crippen molar-refractivity contribution < 1.29 is 14.3 Å². The van der Waals surface area contributed by atoms with E-state index in [1.165, 1.54) is 5.56 Å². The van der Waals surface area contributed by atoms with E-state index in [4.69, 9.17) is 9.47 Å². The molecule has 0 saturated carbocycles. The van der Waals surface area contributed by atoms with E-state index in [2.05, 4.69) is 15.5 Å². The molecule has 0 aliphatic carbocycles. The van der Waals surface area contributed by atoms with Crippen molar-refractivity contribution in [2.45, 2.75) is 20.8 Å². The van der Waals surface area contributed by atoms with Gasteiger partial charge in [-0.2, -0.15) is 0 Å². The van der Waals surface area contributed by atoms with Crippen LogP contribution in [-0.4, -0.2) is 29.8 Å². The van der Waals surface area contributed by atoms with Crippen molar-refractivity contribution in [3.8, 4) is 22.9 Å². The predicted octanol–water partition coefficient (Wildman–Crippen LogP) is 4.09. The lowest BCUT2D eigenvalue weighted by Crippen LogP contribution is -2.20. The van der Waals surface area contributed by atoms with E-state index in [0.29, 0.717) is 11.6 Å². The molecule has 1 heterocycles. The van der Waals surface area contributed by atoms with Gasteiger partial charge in [0.25, 0.3) is 5.91 Å². The van der Waals surface area contributed by atoms with Crippen LogP contribution in [0, 0.1) is 20.8 Å². The summed E-state index contributed by atoms with van der Waals surface area (Å²) < 4.78 is 10.7. The fraction of sp³-hybridized carbons (Fsp3) is 0.227. The van der Waals surface area contributed by atoms with Crippen LogP contribution in [-0.2, 0) is 4.79 Å². The largest absolute Gasteiger partial charge is 0.483 e. The van der Waals surface area contributed by atoms with E-state index >= 15 is 0 Å². The fourth-order valence-electron chi connectivity index (χ4n) is 3.04. The highest BCUT2D eigenvalue weighted by atomic mass is 16.5. The van der Waals surface area contributed by atoms with E-state index in [9.17, 15) is 4.79 Å². The van der Waals surface area contributed by atoms with Gasteiger partial charge in [-0.05, 0) is 50.1 Å². The van der Waals surface area contributed by atoms with Crippen molar-refractivity contribution in [1.82, 2.24) is 10.2 Å². The lowest BCUT2D eigenvalue weighted by atomic mass is 10.1. The first-order valence-electron chi connectivity index (χ1n) is 8.95. The molecule has 0 radical (unpaired) electrons. The Morgan fingerprint density at radius 2 is 1.64 bits per heavy atom. The van der Waals surface area contributed by atoms with Gasteiger partial charge in [-0.15, -0.1) is 10.2 Å². The first-order chi connectivity index (χ1) is 13.5. The molecule has 28 heavy (non-hydrogen) atoms. The van der Waals surface area contributed by atoms with Crippen LogP contribution in [0.1, 0.15) is 16.7 Å². The van der Waals surface area contributed by atoms with E-state index in [1.54, 1.807) is 13.2 Å². The van der Waals surface area contributed by atoms with Gasteiger partial charge in [-0.1, -0.05) is 29.8 Å². The average Bonchev–Trinajstić information content (AvgIpc) is 2.68. The van der Waals surface area contributed by atoms with Crippen molar-refractivity contribution in [1.29, 1.82) is 0 Å². The molecule has 6 heteroatoms. The Hall–Kier alpha value is -3.41. The third kappa shape index (κ3) is 4.65. The number of aryl methyl sites for hydroxylation is 3.